The number of rotatable bonds is 5. The van der Waals surface area contributed by atoms with E-state index < -0.39 is 0 Å². The number of halogens is 2. The van der Waals surface area contributed by atoms with Crippen LogP contribution in [0.15, 0.2) is 42.5 Å². The standard InChI is InChI=1S/C17H17Cl2NO2/c1-11(13-6-7-15(18)16(19)10-13)20-17(21)9-12-4-3-5-14(8-12)22-2/h3-8,10-11H,9H2,1-2H3,(H,20,21). The maximum absolute atomic E-state index is 12.1. The smallest absolute Gasteiger partial charge is 0.224 e. The first-order chi connectivity index (χ1) is 10.5. The van der Waals surface area contributed by atoms with Gasteiger partial charge >= 0.3 is 0 Å². The van der Waals surface area contributed by atoms with E-state index in [4.69, 9.17) is 27.9 Å². The maximum Gasteiger partial charge on any atom is 0.224 e. The molecule has 0 aromatic heterocycles. The lowest BCUT2D eigenvalue weighted by atomic mass is 10.1. The van der Waals surface area contributed by atoms with Crippen LogP contribution in [0.5, 0.6) is 5.75 Å². The summed E-state index contributed by atoms with van der Waals surface area (Å²) in [4.78, 5) is 12.1. The molecule has 1 unspecified atom stereocenters. The lowest BCUT2D eigenvalue weighted by molar-refractivity contribution is -0.121. The molecule has 22 heavy (non-hydrogen) atoms. The normalized spacial score (nSPS) is 11.8. The number of nitrogens with one attached hydrogen (secondary N) is 1. The summed E-state index contributed by atoms with van der Waals surface area (Å²) in [6.45, 7) is 1.91. The highest BCUT2D eigenvalue weighted by molar-refractivity contribution is 6.42. The Hall–Kier alpha value is -1.71. The molecule has 2 rings (SSSR count). The third-order valence-corrected chi connectivity index (χ3v) is 4.06. The number of benzene rings is 2. The topological polar surface area (TPSA) is 38.3 Å². The zero-order valence-electron chi connectivity index (χ0n) is 12.4. The zero-order valence-corrected chi connectivity index (χ0v) is 13.9. The highest BCUT2D eigenvalue weighted by Gasteiger charge is 2.12. The average Bonchev–Trinajstić information content (AvgIpc) is 2.50. The van der Waals surface area contributed by atoms with Crippen LogP contribution in [0.25, 0.3) is 0 Å². The largest absolute Gasteiger partial charge is 0.497 e. The molecule has 116 valence electrons. The molecule has 0 aliphatic carbocycles. The lowest BCUT2D eigenvalue weighted by Gasteiger charge is -2.15. The van der Waals surface area contributed by atoms with Crippen LogP contribution < -0.4 is 10.1 Å². The minimum Gasteiger partial charge on any atom is -0.497 e. The van der Waals surface area contributed by atoms with Crippen LogP contribution in [0.3, 0.4) is 0 Å². The third-order valence-electron chi connectivity index (χ3n) is 3.32. The van der Waals surface area contributed by atoms with E-state index in [9.17, 15) is 4.79 Å². The quantitative estimate of drug-likeness (QED) is 0.876. The second-order valence-electron chi connectivity index (χ2n) is 4.99. The van der Waals surface area contributed by atoms with E-state index in [1.54, 1.807) is 19.2 Å². The van der Waals surface area contributed by atoms with Crippen LogP contribution in [-0.2, 0) is 11.2 Å². The first kappa shape index (κ1) is 16.7. The van der Waals surface area contributed by atoms with Crippen molar-refractivity contribution in [1.82, 2.24) is 5.32 Å². The van der Waals surface area contributed by atoms with Crippen molar-refractivity contribution in [2.45, 2.75) is 19.4 Å². The molecule has 3 nitrogen and oxygen atoms in total. The molecule has 1 atom stereocenters. The number of carbonyl (C=O) groups excluding carboxylic acids is 1. The number of ether oxygens (including phenoxy) is 1. The van der Waals surface area contributed by atoms with Crippen LogP contribution in [-0.4, -0.2) is 13.0 Å². The first-order valence-electron chi connectivity index (χ1n) is 6.87. The van der Waals surface area contributed by atoms with Crippen molar-refractivity contribution < 1.29 is 9.53 Å². The van der Waals surface area contributed by atoms with Gasteiger partial charge in [0, 0.05) is 0 Å². The van der Waals surface area contributed by atoms with E-state index in [2.05, 4.69) is 5.32 Å². The lowest BCUT2D eigenvalue weighted by Crippen LogP contribution is -2.28. The molecular weight excluding hydrogens is 321 g/mol. The summed E-state index contributed by atoms with van der Waals surface area (Å²) in [7, 11) is 1.60. The molecule has 0 heterocycles. The van der Waals surface area contributed by atoms with Gasteiger partial charge in [0.25, 0.3) is 0 Å². The van der Waals surface area contributed by atoms with E-state index in [0.29, 0.717) is 16.5 Å². The Morgan fingerprint density at radius 1 is 1.18 bits per heavy atom. The van der Waals surface area contributed by atoms with E-state index in [0.717, 1.165) is 16.9 Å². The van der Waals surface area contributed by atoms with Gasteiger partial charge < -0.3 is 10.1 Å². The number of amides is 1. The Kier molecular flexibility index (Phi) is 5.69. The molecule has 2 aromatic rings. The third kappa shape index (κ3) is 4.39. The van der Waals surface area contributed by atoms with Crippen LogP contribution in [0.4, 0.5) is 0 Å². The SMILES string of the molecule is COc1cccc(CC(=O)NC(C)c2ccc(Cl)c(Cl)c2)c1. The predicted octanol–water partition coefficient (Wildman–Crippen LogP) is 4.42. The molecule has 0 radical (unpaired) electrons. The second-order valence-corrected chi connectivity index (χ2v) is 5.81. The van der Waals surface area contributed by atoms with Crippen molar-refractivity contribution in [2.75, 3.05) is 7.11 Å². The Morgan fingerprint density at radius 2 is 1.95 bits per heavy atom. The van der Waals surface area contributed by atoms with Crippen molar-refractivity contribution in [1.29, 1.82) is 0 Å². The van der Waals surface area contributed by atoms with Crippen molar-refractivity contribution in [2.24, 2.45) is 0 Å². The Bertz CT molecular complexity index is 673. The molecule has 0 spiro atoms. The molecule has 0 fully saturated rings. The fourth-order valence-electron chi connectivity index (χ4n) is 2.13. The summed E-state index contributed by atoms with van der Waals surface area (Å²) < 4.78 is 5.15. The fraction of sp³-hybridized carbons (Fsp3) is 0.235. The second kappa shape index (κ2) is 7.52. The summed E-state index contributed by atoms with van der Waals surface area (Å²) in [5, 5.41) is 3.93. The van der Waals surface area contributed by atoms with E-state index in [-0.39, 0.29) is 11.9 Å². The fourth-order valence-corrected chi connectivity index (χ4v) is 2.43. The Morgan fingerprint density at radius 3 is 2.64 bits per heavy atom. The van der Waals surface area contributed by atoms with Gasteiger partial charge in [-0.3, -0.25) is 4.79 Å². The Labute approximate surface area is 140 Å². The molecule has 1 N–H and O–H groups in total. The van der Waals surface area contributed by atoms with Gasteiger partial charge in [0.15, 0.2) is 0 Å². The molecule has 0 aliphatic heterocycles. The summed E-state index contributed by atoms with van der Waals surface area (Å²) in [6, 6.07) is 12.7. The number of methoxy groups -OCH3 is 1. The minimum atomic E-state index is -0.145. The monoisotopic (exact) mass is 337 g/mol. The van der Waals surface area contributed by atoms with Gasteiger partial charge in [-0.05, 0) is 42.3 Å². The van der Waals surface area contributed by atoms with Gasteiger partial charge in [-0.25, -0.2) is 0 Å². The van der Waals surface area contributed by atoms with Gasteiger partial charge in [0.05, 0.1) is 29.6 Å². The summed E-state index contributed by atoms with van der Waals surface area (Å²) in [6.07, 6.45) is 0.295. The van der Waals surface area contributed by atoms with E-state index in [1.165, 1.54) is 0 Å². The van der Waals surface area contributed by atoms with E-state index in [1.807, 2.05) is 37.3 Å². The maximum atomic E-state index is 12.1. The van der Waals surface area contributed by atoms with Crippen LogP contribution in [0.1, 0.15) is 24.1 Å². The molecular formula is C17H17Cl2NO2. The summed E-state index contributed by atoms with van der Waals surface area (Å²) >= 11 is 11.9. The van der Waals surface area contributed by atoms with Gasteiger partial charge in [-0.15, -0.1) is 0 Å². The van der Waals surface area contributed by atoms with Crippen molar-refractivity contribution in [3.63, 3.8) is 0 Å². The highest BCUT2D eigenvalue weighted by atomic mass is 35.5. The number of carbonyl (C=O) groups is 1. The van der Waals surface area contributed by atoms with Crippen LogP contribution in [0.2, 0.25) is 10.0 Å². The summed E-state index contributed by atoms with van der Waals surface area (Å²) in [5.74, 6) is 0.676. The zero-order chi connectivity index (χ0) is 16.1. The predicted molar refractivity (Wildman–Crippen MR) is 89.7 cm³/mol. The highest BCUT2D eigenvalue weighted by Crippen LogP contribution is 2.25. The van der Waals surface area contributed by atoms with Gasteiger partial charge in [0.2, 0.25) is 5.91 Å². The minimum absolute atomic E-state index is 0.0631. The van der Waals surface area contributed by atoms with Crippen LogP contribution >= 0.6 is 23.2 Å². The van der Waals surface area contributed by atoms with Crippen LogP contribution in [0, 0.1) is 0 Å². The average molecular weight is 338 g/mol. The molecule has 1 amide bonds. The molecule has 0 bridgehead atoms. The van der Waals surface area contributed by atoms with Gasteiger partial charge in [-0.2, -0.15) is 0 Å². The Balaban J connectivity index is 2.00. The molecule has 5 heteroatoms. The molecule has 2 aromatic carbocycles. The summed E-state index contributed by atoms with van der Waals surface area (Å²) in [5.41, 5.74) is 1.81. The number of hydrogen-bond donors (Lipinski definition) is 1. The van der Waals surface area contributed by atoms with Gasteiger partial charge in [-0.1, -0.05) is 41.4 Å². The van der Waals surface area contributed by atoms with Crippen molar-refractivity contribution in [3.8, 4) is 5.75 Å². The molecule has 0 saturated heterocycles. The van der Waals surface area contributed by atoms with E-state index >= 15 is 0 Å². The first-order valence-corrected chi connectivity index (χ1v) is 7.62. The molecule has 0 aliphatic rings. The van der Waals surface area contributed by atoms with Crippen molar-refractivity contribution in [3.05, 3.63) is 63.6 Å². The number of hydrogen-bond acceptors (Lipinski definition) is 2. The van der Waals surface area contributed by atoms with Gasteiger partial charge in [0.1, 0.15) is 5.75 Å². The molecule has 0 saturated carbocycles. The van der Waals surface area contributed by atoms with Crippen molar-refractivity contribution >= 4 is 29.1 Å².